The van der Waals surface area contributed by atoms with Crippen molar-refractivity contribution in [3.63, 3.8) is 0 Å². The molecule has 0 unspecified atom stereocenters. The van der Waals surface area contributed by atoms with Gasteiger partial charge in [0.25, 0.3) is 0 Å². The standard InChI is InChI=1S/C56H38N2O/c1-55(2)45-27-12-9-21-38(45)39-32-31-35(33-48(39)55)54-57-49(34-50(58-54)44-26-15-24-41-40-22-11-14-30-51(40)59-53(41)44)43-25-16-29-47-52(43)42-23-10-13-28-46(42)56(47,36-17-5-3-6-18-36)37-19-7-4-8-20-37/h3-34H,1-2H3. The summed E-state index contributed by atoms with van der Waals surface area (Å²) in [5, 5.41) is 2.16. The van der Waals surface area contributed by atoms with Gasteiger partial charge in [0.15, 0.2) is 5.82 Å². The first-order chi connectivity index (χ1) is 29.0. The number of furan rings is 1. The van der Waals surface area contributed by atoms with Crippen molar-refractivity contribution in [3.05, 3.63) is 228 Å². The van der Waals surface area contributed by atoms with E-state index in [0.29, 0.717) is 5.82 Å². The third kappa shape index (κ3) is 4.76. The van der Waals surface area contributed by atoms with Crippen LogP contribution in [0.15, 0.2) is 199 Å². The van der Waals surface area contributed by atoms with Crippen molar-refractivity contribution < 1.29 is 4.42 Å². The third-order valence-corrected chi connectivity index (χ3v) is 13.0. The molecule has 2 aromatic heterocycles. The molecule has 0 amide bonds. The molecule has 3 nitrogen and oxygen atoms in total. The first-order valence-electron chi connectivity index (χ1n) is 20.4. The van der Waals surface area contributed by atoms with Crippen LogP contribution in [0.1, 0.15) is 47.2 Å². The van der Waals surface area contributed by atoms with E-state index in [0.717, 1.165) is 50.0 Å². The van der Waals surface area contributed by atoms with Crippen molar-refractivity contribution in [2.75, 3.05) is 0 Å². The van der Waals surface area contributed by atoms with E-state index in [1.165, 1.54) is 55.6 Å². The molecule has 8 aromatic carbocycles. The van der Waals surface area contributed by atoms with Crippen molar-refractivity contribution in [1.29, 1.82) is 0 Å². The SMILES string of the molecule is CC1(C)c2ccccc2-c2ccc(-c3nc(-c4cccc5c4-c4ccccc4C5(c4ccccc4)c4ccccc4)cc(-c4cccc5c4oc4ccccc45)n3)cc21. The van der Waals surface area contributed by atoms with Gasteiger partial charge in [-0.15, -0.1) is 0 Å². The molecule has 10 aromatic rings. The molecule has 0 bridgehead atoms. The first-order valence-corrected chi connectivity index (χ1v) is 20.4. The minimum atomic E-state index is -0.524. The summed E-state index contributed by atoms with van der Waals surface area (Å²) in [5.41, 5.74) is 18.3. The van der Waals surface area contributed by atoms with E-state index in [-0.39, 0.29) is 5.41 Å². The Kier molecular flexibility index (Phi) is 7.19. The normalized spacial score (nSPS) is 14.2. The lowest BCUT2D eigenvalue weighted by Gasteiger charge is -2.33. The number of hydrogen-bond acceptors (Lipinski definition) is 3. The van der Waals surface area contributed by atoms with Crippen molar-refractivity contribution in [2.24, 2.45) is 0 Å². The second-order valence-electron chi connectivity index (χ2n) is 16.4. The number of fused-ring (bicyclic) bond motifs is 9. The number of nitrogens with zero attached hydrogens (tertiary/aromatic N) is 2. The Morgan fingerprint density at radius 2 is 0.966 bits per heavy atom. The zero-order chi connectivity index (χ0) is 39.3. The van der Waals surface area contributed by atoms with Gasteiger partial charge in [-0.05, 0) is 79.9 Å². The van der Waals surface area contributed by atoms with E-state index >= 15 is 0 Å². The smallest absolute Gasteiger partial charge is 0.160 e. The second kappa shape index (κ2) is 12.6. The molecular weight excluding hydrogens is 717 g/mol. The van der Waals surface area contributed by atoms with E-state index in [2.05, 4.69) is 196 Å². The number of rotatable bonds is 5. The van der Waals surface area contributed by atoms with Crippen LogP contribution in [0, 0.1) is 0 Å². The molecule has 0 atom stereocenters. The van der Waals surface area contributed by atoms with Gasteiger partial charge >= 0.3 is 0 Å². The highest BCUT2D eigenvalue weighted by Crippen LogP contribution is 2.58. The molecule has 2 heterocycles. The van der Waals surface area contributed by atoms with E-state index < -0.39 is 5.41 Å². The summed E-state index contributed by atoms with van der Waals surface area (Å²) < 4.78 is 6.64. The largest absolute Gasteiger partial charge is 0.455 e. The average Bonchev–Trinajstić information content (AvgIpc) is 3.91. The maximum Gasteiger partial charge on any atom is 0.160 e. The maximum absolute atomic E-state index is 6.64. The molecule has 278 valence electrons. The van der Waals surface area contributed by atoms with E-state index in [4.69, 9.17) is 14.4 Å². The van der Waals surface area contributed by atoms with Gasteiger partial charge in [0.2, 0.25) is 0 Å². The lowest BCUT2D eigenvalue weighted by Crippen LogP contribution is -2.28. The molecule has 2 aliphatic carbocycles. The summed E-state index contributed by atoms with van der Waals surface area (Å²) in [5.74, 6) is 0.682. The predicted molar refractivity (Wildman–Crippen MR) is 240 cm³/mol. The van der Waals surface area contributed by atoms with Gasteiger partial charge in [-0.3, -0.25) is 0 Å². The number of benzene rings is 8. The molecular formula is C56H38N2O. The van der Waals surface area contributed by atoms with Crippen LogP contribution in [0.5, 0.6) is 0 Å². The molecule has 0 radical (unpaired) electrons. The van der Waals surface area contributed by atoms with Crippen LogP contribution in [-0.2, 0) is 10.8 Å². The second-order valence-corrected chi connectivity index (χ2v) is 16.4. The minimum absolute atomic E-state index is 0.162. The Labute approximate surface area is 343 Å². The fourth-order valence-corrected chi connectivity index (χ4v) is 10.4. The molecule has 59 heavy (non-hydrogen) atoms. The van der Waals surface area contributed by atoms with E-state index in [1.807, 2.05) is 12.1 Å². The van der Waals surface area contributed by atoms with Crippen LogP contribution < -0.4 is 0 Å². The van der Waals surface area contributed by atoms with E-state index in [9.17, 15) is 0 Å². The summed E-state index contributed by atoms with van der Waals surface area (Å²) in [6.07, 6.45) is 0. The van der Waals surface area contributed by atoms with Gasteiger partial charge in [0, 0.05) is 32.9 Å². The van der Waals surface area contributed by atoms with Crippen LogP contribution >= 0.6 is 0 Å². The van der Waals surface area contributed by atoms with Crippen LogP contribution in [0.4, 0.5) is 0 Å². The molecule has 3 heteroatoms. The molecule has 0 saturated carbocycles. The Hall–Kier alpha value is -7.36. The third-order valence-electron chi connectivity index (χ3n) is 13.0. The molecule has 0 N–H and O–H groups in total. The lowest BCUT2D eigenvalue weighted by atomic mass is 9.67. The monoisotopic (exact) mass is 754 g/mol. The molecule has 12 rings (SSSR count). The number of hydrogen-bond donors (Lipinski definition) is 0. The molecule has 0 fully saturated rings. The van der Waals surface area contributed by atoms with Crippen LogP contribution in [0.25, 0.3) is 78.1 Å². The van der Waals surface area contributed by atoms with Crippen molar-refractivity contribution in [2.45, 2.75) is 24.7 Å². The van der Waals surface area contributed by atoms with Gasteiger partial charge in [0.1, 0.15) is 11.2 Å². The Morgan fingerprint density at radius 1 is 0.407 bits per heavy atom. The molecule has 2 aliphatic rings. The quantitative estimate of drug-likeness (QED) is 0.176. The maximum atomic E-state index is 6.64. The number of aromatic nitrogens is 2. The zero-order valence-corrected chi connectivity index (χ0v) is 32.8. The lowest BCUT2D eigenvalue weighted by molar-refractivity contribution is 0.660. The highest BCUT2D eigenvalue weighted by atomic mass is 16.3. The Balaban J connectivity index is 1.14. The highest BCUT2D eigenvalue weighted by molar-refractivity contribution is 6.09. The summed E-state index contributed by atoms with van der Waals surface area (Å²) in [7, 11) is 0. The minimum Gasteiger partial charge on any atom is -0.455 e. The van der Waals surface area contributed by atoms with Crippen LogP contribution in [0.2, 0.25) is 0 Å². The van der Waals surface area contributed by atoms with E-state index in [1.54, 1.807) is 0 Å². The van der Waals surface area contributed by atoms with Gasteiger partial charge < -0.3 is 4.42 Å². The van der Waals surface area contributed by atoms with Crippen LogP contribution in [0.3, 0.4) is 0 Å². The van der Waals surface area contributed by atoms with Crippen LogP contribution in [-0.4, -0.2) is 9.97 Å². The summed E-state index contributed by atoms with van der Waals surface area (Å²) in [6, 6.07) is 70.0. The summed E-state index contributed by atoms with van der Waals surface area (Å²) in [4.78, 5) is 11.0. The topological polar surface area (TPSA) is 38.9 Å². The molecule has 0 saturated heterocycles. The van der Waals surface area contributed by atoms with Gasteiger partial charge in [0.05, 0.1) is 16.8 Å². The van der Waals surface area contributed by atoms with Gasteiger partial charge in [-0.1, -0.05) is 184 Å². The number of para-hydroxylation sites is 2. The van der Waals surface area contributed by atoms with Crippen molar-refractivity contribution in [1.82, 2.24) is 9.97 Å². The van der Waals surface area contributed by atoms with Gasteiger partial charge in [-0.2, -0.15) is 0 Å². The first kappa shape index (κ1) is 33.7. The summed E-state index contributed by atoms with van der Waals surface area (Å²) in [6.45, 7) is 4.64. The fraction of sp³-hybridized carbons (Fsp3) is 0.0714. The van der Waals surface area contributed by atoms with Crippen molar-refractivity contribution >= 4 is 21.9 Å². The highest BCUT2D eigenvalue weighted by Gasteiger charge is 2.47. The molecule has 0 aliphatic heterocycles. The Bertz CT molecular complexity index is 3260. The average molecular weight is 755 g/mol. The van der Waals surface area contributed by atoms with Crippen molar-refractivity contribution in [3.8, 4) is 56.2 Å². The zero-order valence-electron chi connectivity index (χ0n) is 32.8. The summed E-state index contributed by atoms with van der Waals surface area (Å²) >= 11 is 0. The predicted octanol–water partition coefficient (Wildman–Crippen LogP) is 14.0. The van der Waals surface area contributed by atoms with Gasteiger partial charge in [-0.25, -0.2) is 9.97 Å². The fourth-order valence-electron chi connectivity index (χ4n) is 10.4. The molecule has 0 spiro atoms. The Morgan fingerprint density at radius 3 is 1.75 bits per heavy atom.